The van der Waals surface area contributed by atoms with Crippen LogP contribution in [0.2, 0.25) is 0 Å². The molecule has 1 aromatic rings. The number of phenolic OH excluding ortho intramolecular Hbond substituents is 2. The number of nitrogens with zero attached hydrogens (tertiary/aromatic N) is 1. The number of aromatic hydroxyl groups is 2. The van der Waals surface area contributed by atoms with Crippen LogP contribution in [0.3, 0.4) is 0 Å². The first-order chi connectivity index (χ1) is 6.49. The highest BCUT2D eigenvalue weighted by molar-refractivity contribution is 5.74. The molecular weight excluding hydrogens is 188 g/mol. The lowest BCUT2D eigenvalue weighted by Crippen LogP contribution is -1.98. The maximum Gasteiger partial charge on any atom is 0.337 e. The molecule has 0 unspecified atom stereocenters. The van der Waals surface area contributed by atoms with Crippen LogP contribution in [-0.4, -0.2) is 15.1 Å². The molecule has 0 aliphatic carbocycles. The van der Waals surface area contributed by atoms with E-state index in [9.17, 15) is 20.3 Å². The third kappa shape index (κ3) is 1.41. The van der Waals surface area contributed by atoms with Crippen LogP contribution in [0.4, 0.5) is 11.4 Å². The normalized spacial score (nSPS) is 10.1. The SMILES string of the molecule is CCc1cc(O)c(N)c([N+](=O)[O-])c1O. The molecule has 76 valence electrons. The average Bonchev–Trinajstić information content (AvgIpc) is 2.11. The Labute approximate surface area is 79.7 Å². The second-order valence-electron chi connectivity index (χ2n) is 2.78. The van der Waals surface area contributed by atoms with Crippen molar-refractivity contribution >= 4 is 11.4 Å². The molecule has 0 atom stereocenters. The van der Waals surface area contributed by atoms with Gasteiger partial charge in [-0.25, -0.2) is 0 Å². The van der Waals surface area contributed by atoms with Crippen molar-refractivity contribution in [2.45, 2.75) is 13.3 Å². The maximum absolute atomic E-state index is 10.5. The zero-order chi connectivity index (χ0) is 10.9. The molecule has 0 spiro atoms. The van der Waals surface area contributed by atoms with Gasteiger partial charge in [0, 0.05) is 5.56 Å². The number of phenols is 2. The predicted octanol–water partition coefficient (Wildman–Crippen LogP) is 1.15. The van der Waals surface area contributed by atoms with Crippen LogP contribution in [0.5, 0.6) is 11.5 Å². The second kappa shape index (κ2) is 3.41. The maximum atomic E-state index is 10.5. The second-order valence-corrected chi connectivity index (χ2v) is 2.78. The van der Waals surface area contributed by atoms with Gasteiger partial charge in [-0.2, -0.15) is 0 Å². The molecule has 0 heterocycles. The van der Waals surface area contributed by atoms with E-state index in [0.29, 0.717) is 12.0 Å². The minimum absolute atomic E-state index is 0.295. The van der Waals surface area contributed by atoms with Gasteiger partial charge >= 0.3 is 5.69 Å². The average molecular weight is 198 g/mol. The van der Waals surface area contributed by atoms with Crippen molar-refractivity contribution < 1.29 is 15.1 Å². The Morgan fingerprint density at radius 3 is 2.57 bits per heavy atom. The van der Waals surface area contributed by atoms with Crippen molar-refractivity contribution in [1.29, 1.82) is 0 Å². The van der Waals surface area contributed by atoms with Crippen molar-refractivity contribution in [2.24, 2.45) is 0 Å². The van der Waals surface area contributed by atoms with Gasteiger partial charge in [0.05, 0.1) is 4.92 Å². The van der Waals surface area contributed by atoms with Crippen LogP contribution in [0.25, 0.3) is 0 Å². The lowest BCUT2D eigenvalue weighted by molar-refractivity contribution is -0.385. The standard InChI is InChI=1S/C8H10N2O4/c1-2-4-3-5(11)6(9)7(8(4)12)10(13)14/h3,11-12H,2,9H2,1H3. The molecule has 0 fully saturated rings. The molecule has 0 saturated carbocycles. The quantitative estimate of drug-likeness (QED) is 0.217. The van der Waals surface area contributed by atoms with Crippen molar-refractivity contribution in [3.63, 3.8) is 0 Å². The fourth-order valence-electron chi connectivity index (χ4n) is 1.17. The predicted molar refractivity (Wildman–Crippen MR) is 50.2 cm³/mol. The molecule has 1 rings (SSSR count). The first-order valence-corrected chi connectivity index (χ1v) is 3.96. The van der Waals surface area contributed by atoms with Gasteiger partial charge in [-0.3, -0.25) is 10.1 Å². The highest BCUT2D eigenvalue weighted by atomic mass is 16.6. The fourth-order valence-corrected chi connectivity index (χ4v) is 1.17. The molecule has 0 saturated heterocycles. The number of nitrogens with two attached hydrogens (primary N) is 1. The Balaban J connectivity index is 3.53. The third-order valence-corrected chi connectivity index (χ3v) is 1.93. The molecule has 0 aliphatic heterocycles. The fraction of sp³-hybridized carbons (Fsp3) is 0.250. The Kier molecular flexibility index (Phi) is 2.46. The molecule has 6 heteroatoms. The minimum atomic E-state index is -0.816. The first kappa shape index (κ1) is 10.1. The van der Waals surface area contributed by atoms with E-state index < -0.39 is 22.0 Å². The van der Waals surface area contributed by atoms with E-state index in [1.54, 1.807) is 6.92 Å². The third-order valence-electron chi connectivity index (χ3n) is 1.93. The van der Waals surface area contributed by atoms with E-state index in [-0.39, 0.29) is 5.75 Å². The van der Waals surface area contributed by atoms with E-state index in [0.717, 1.165) is 0 Å². The minimum Gasteiger partial charge on any atom is -0.506 e. The smallest absolute Gasteiger partial charge is 0.337 e. The summed E-state index contributed by atoms with van der Waals surface area (Å²) >= 11 is 0. The van der Waals surface area contributed by atoms with E-state index in [1.165, 1.54) is 6.07 Å². The van der Waals surface area contributed by atoms with Gasteiger partial charge in [0.1, 0.15) is 5.75 Å². The summed E-state index contributed by atoms with van der Waals surface area (Å²) in [5.74, 6) is -0.862. The number of hydrogen-bond donors (Lipinski definition) is 3. The van der Waals surface area contributed by atoms with Gasteiger partial charge in [0.15, 0.2) is 11.4 Å². The Hall–Kier alpha value is -1.98. The summed E-state index contributed by atoms with van der Waals surface area (Å²) in [4.78, 5) is 9.70. The van der Waals surface area contributed by atoms with Crippen molar-refractivity contribution in [3.8, 4) is 11.5 Å². The Bertz CT molecular complexity index is 389. The Morgan fingerprint density at radius 2 is 2.14 bits per heavy atom. The number of aryl methyl sites for hydroxylation is 1. The zero-order valence-electron chi connectivity index (χ0n) is 7.52. The molecule has 0 radical (unpaired) electrons. The summed E-state index contributed by atoms with van der Waals surface area (Å²) in [6, 6.07) is 1.22. The highest BCUT2D eigenvalue weighted by Gasteiger charge is 2.24. The van der Waals surface area contributed by atoms with E-state index in [4.69, 9.17) is 5.73 Å². The van der Waals surface area contributed by atoms with Gasteiger partial charge in [-0.1, -0.05) is 6.92 Å². The monoisotopic (exact) mass is 198 g/mol. The van der Waals surface area contributed by atoms with Crippen LogP contribution in [-0.2, 0) is 6.42 Å². The summed E-state index contributed by atoms with van der Waals surface area (Å²) in [5, 5.41) is 29.2. The molecule has 1 aromatic carbocycles. The zero-order valence-corrected chi connectivity index (χ0v) is 7.52. The first-order valence-electron chi connectivity index (χ1n) is 3.96. The van der Waals surface area contributed by atoms with Crippen LogP contribution in [0, 0.1) is 10.1 Å². The summed E-state index contributed by atoms with van der Waals surface area (Å²) in [7, 11) is 0. The summed E-state index contributed by atoms with van der Waals surface area (Å²) in [6.07, 6.45) is 0.376. The number of rotatable bonds is 2. The van der Waals surface area contributed by atoms with Crippen LogP contribution in [0.1, 0.15) is 12.5 Å². The lowest BCUT2D eigenvalue weighted by atomic mass is 10.1. The van der Waals surface area contributed by atoms with E-state index >= 15 is 0 Å². The van der Waals surface area contributed by atoms with Crippen LogP contribution >= 0.6 is 0 Å². The van der Waals surface area contributed by atoms with Crippen molar-refractivity contribution in [1.82, 2.24) is 0 Å². The van der Waals surface area contributed by atoms with Gasteiger partial charge in [-0.05, 0) is 12.5 Å². The van der Waals surface area contributed by atoms with E-state index in [2.05, 4.69) is 0 Å². The molecule has 4 N–H and O–H groups in total. The Morgan fingerprint density at radius 1 is 1.57 bits per heavy atom. The lowest BCUT2D eigenvalue weighted by Gasteiger charge is -2.06. The summed E-state index contributed by atoms with van der Waals surface area (Å²) in [6.45, 7) is 1.70. The highest BCUT2D eigenvalue weighted by Crippen LogP contribution is 2.41. The summed E-state index contributed by atoms with van der Waals surface area (Å²) < 4.78 is 0. The number of benzene rings is 1. The topological polar surface area (TPSA) is 110 Å². The largest absolute Gasteiger partial charge is 0.506 e. The molecule has 0 aromatic heterocycles. The van der Waals surface area contributed by atoms with Crippen molar-refractivity contribution in [3.05, 3.63) is 21.7 Å². The molecule has 0 amide bonds. The number of nitrogen functional groups attached to an aromatic ring is 1. The molecule has 0 aliphatic rings. The van der Waals surface area contributed by atoms with Crippen LogP contribution < -0.4 is 5.73 Å². The molecule has 6 nitrogen and oxygen atoms in total. The molecular formula is C8H10N2O4. The van der Waals surface area contributed by atoms with Crippen LogP contribution in [0.15, 0.2) is 6.07 Å². The van der Waals surface area contributed by atoms with E-state index in [1.807, 2.05) is 0 Å². The van der Waals surface area contributed by atoms with Crippen molar-refractivity contribution in [2.75, 3.05) is 5.73 Å². The number of hydrogen-bond acceptors (Lipinski definition) is 5. The van der Waals surface area contributed by atoms with Gasteiger partial charge in [0.25, 0.3) is 0 Å². The summed E-state index contributed by atoms with van der Waals surface area (Å²) in [5.41, 5.74) is 4.50. The van der Waals surface area contributed by atoms with Gasteiger partial charge in [-0.15, -0.1) is 0 Å². The number of nitro benzene ring substituents is 1. The van der Waals surface area contributed by atoms with Gasteiger partial charge < -0.3 is 15.9 Å². The number of nitro groups is 1. The molecule has 0 bridgehead atoms. The number of anilines is 1. The van der Waals surface area contributed by atoms with Gasteiger partial charge in [0.2, 0.25) is 0 Å². The molecule has 14 heavy (non-hydrogen) atoms.